The van der Waals surface area contributed by atoms with Gasteiger partial charge in [0.05, 0.1) is 0 Å². The average molecular weight is 464 g/mol. The first-order valence-corrected chi connectivity index (χ1v) is 12.1. The topological polar surface area (TPSA) is 66.0 Å². The number of aromatic amines is 1. The van der Waals surface area contributed by atoms with Crippen LogP contribution in [0.2, 0.25) is 0 Å². The van der Waals surface area contributed by atoms with Crippen LogP contribution in [0.1, 0.15) is 37.0 Å². The van der Waals surface area contributed by atoms with E-state index in [1.807, 2.05) is 37.3 Å². The molecule has 4 rings (SSSR count). The fourth-order valence-electron chi connectivity index (χ4n) is 4.83. The Hall–Kier alpha value is -2.77. The fourth-order valence-corrected chi connectivity index (χ4v) is 5.02. The number of carbonyl (C=O) groups is 1. The molecule has 1 aliphatic rings. The van der Waals surface area contributed by atoms with Crippen molar-refractivity contribution < 1.29 is 4.79 Å². The number of rotatable bonds is 7. The molecule has 0 bridgehead atoms. The van der Waals surface area contributed by atoms with Gasteiger partial charge in [-0.25, -0.2) is 0 Å². The monoisotopic (exact) mass is 463 g/mol. The molecule has 0 spiro atoms. The Bertz CT molecular complexity index is 1140. The minimum atomic E-state index is -0.0871. The van der Waals surface area contributed by atoms with Crippen molar-refractivity contribution in [1.82, 2.24) is 25.0 Å². The van der Waals surface area contributed by atoms with Crippen molar-refractivity contribution in [1.29, 1.82) is 0 Å². The van der Waals surface area contributed by atoms with Gasteiger partial charge in [-0.1, -0.05) is 67.9 Å². The molecule has 7 heteroatoms. The van der Waals surface area contributed by atoms with Gasteiger partial charge in [0.1, 0.15) is 6.54 Å². The minimum Gasteiger partial charge on any atom is -0.350 e. The molecule has 2 aromatic carbocycles. The second-order valence-electron chi connectivity index (χ2n) is 9.49. The van der Waals surface area contributed by atoms with E-state index in [2.05, 4.69) is 52.5 Å². The summed E-state index contributed by atoms with van der Waals surface area (Å²) in [5, 5.41) is 10.2. The summed E-state index contributed by atoms with van der Waals surface area (Å²) in [6.07, 6.45) is 1.30. The highest BCUT2D eigenvalue weighted by atomic mass is 32.1. The van der Waals surface area contributed by atoms with Gasteiger partial charge in [-0.15, -0.1) is 0 Å². The quantitative estimate of drug-likeness (QED) is 0.498. The summed E-state index contributed by atoms with van der Waals surface area (Å²) >= 11 is 5.38. The van der Waals surface area contributed by atoms with Gasteiger partial charge in [-0.05, 0) is 48.5 Å². The molecule has 2 heterocycles. The van der Waals surface area contributed by atoms with E-state index in [0.717, 1.165) is 42.6 Å². The van der Waals surface area contributed by atoms with Crippen molar-refractivity contribution in [2.75, 3.05) is 13.1 Å². The number of amides is 1. The van der Waals surface area contributed by atoms with Gasteiger partial charge in [-0.3, -0.25) is 19.4 Å². The normalized spacial score (nSPS) is 18.9. The Morgan fingerprint density at radius 3 is 2.45 bits per heavy atom. The zero-order valence-corrected chi connectivity index (χ0v) is 20.5. The smallest absolute Gasteiger partial charge is 0.240 e. The number of nitrogens with one attached hydrogen (secondary N) is 2. The van der Waals surface area contributed by atoms with Gasteiger partial charge in [0.2, 0.25) is 5.91 Å². The molecule has 2 unspecified atom stereocenters. The number of H-pyrrole nitrogens is 1. The van der Waals surface area contributed by atoms with Crippen LogP contribution in [0.3, 0.4) is 0 Å². The summed E-state index contributed by atoms with van der Waals surface area (Å²) in [5.41, 5.74) is 4.53. The molecular weight excluding hydrogens is 430 g/mol. The maximum Gasteiger partial charge on any atom is 0.240 e. The van der Waals surface area contributed by atoms with Crippen molar-refractivity contribution in [2.24, 2.45) is 11.8 Å². The van der Waals surface area contributed by atoms with Crippen LogP contribution in [-0.4, -0.2) is 38.7 Å². The lowest BCUT2D eigenvalue weighted by Crippen LogP contribution is -2.38. The van der Waals surface area contributed by atoms with Crippen LogP contribution < -0.4 is 5.32 Å². The summed E-state index contributed by atoms with van der Waals surface area (Å²) in [5.74, 6) is 2.03. The van der Waals surface area contributed by atoms with Gasteiger partial charge in [-0.2, -0.15) is 5.10 Å². The molecule has 0 radical (unpaired) electrons. The Morgan fingerprint density at radius 1 is 1.09 bits per heavy atom. The van der Waals surface area contributed by atoms with E-state index in [0.29, 0.717) is 17.1 Å². The summed E-state index contributed by atoms with van der Waals surface area (Å²) in [6, 6.07) is 16.4. The predicted molar refractivity (Wildman–Crippen MR) is 134 cm³/mol. The second-order valence-corrected chi connectivity index (χ2v) is 9.88. The third kappa shape index (κ3) is 5.97. The third-order valence-electron chi connectivity index (χ3n) is 6.30. The molecule has 3 aromatic rings. The number of hydrogen-bond donors (Lipinski definition) is 2. The second kappa shape index (κ2) is 10.4. The first-order chi connectivity index (χ1) is 15.9. The molecule has 6 nitrogen and oxygen atoms in total. The predicted octanol–water partition coefficient (Wildman–Crippen LogP) is 4.71. The summed E-state index contributed by atoms with van der Waals surface area (Å²) in [6.45, 7) is 10.5. The van der Waals surface area contributed by atoms with Crippen LogP contribution in [0.15, 0.2) is 48.5 Å². The van der Waals surface area contributed by atoms with E-state index in [-0.39, 0.29) is 12.5 Å². The highest BCUT2D eigenvalue weighted by molar-refractivity contribution is 7.71. The van der Waals surface area contributed by atoms with Crippen molar-refractivity contribution in [2.45, 2.75) is 46.8 Å². The number of aromatic nitrogens is 3. The van der Waals surface area contributed by atoms with E-state index in [1.54, 1.807) is 4.57 Å². The van der Waals surface area contributed by atoms with E-state index < -0.39 is 0 Å². The maximum atomic E-state index is 12.8. The van der Waals surface area contributed by atoms with Crippen molar-refractivity contribution in [3.8, 4) is 11.4 Å². The van der Waals surface area contributed by atoms with E-state index in [9.17, 15) is 4.79 Å². The lowest BCUT2D eigenvalue weighted by atomic mass is 9.91. The number of carbonyl (C=O) groups excluding carboxylic acids is 1. The number of benzene rings is 2. The molecule has 1 aromatic heterocycles. The molecule has 1 saturated heterocycles. The first kappa shape index (κ1) is 23.4. The maximum absolute atomic E-state index is 12.8. The molecule has 2 atom stereocenters. The standard InChI is InChI=1S/C26H33N5OS/c1-18-8-10-21(11-9-18)25-28-29-26(33)31(25)17-24(32)27-13-22-6-4-5-7-23(22)16-30-14-19(2)12-20(3)15-30/h4-11,19-20H,12-17H2,1-3H3,(H,27,32)(H,29,33). The van der Waals surface area contributed by atoms with Crippen molar-refractivity contribution >= 4 is 18.1 Å². The summed E-state index contributed by atoms with van der Waals surface area (Å²) in [7, 11) is 0. The highest BCUT2D eigenvalue weighted by Crippen LogP contribution is 2.23. The lowest BCUT2D eigenvalue weighted by Gasteiger charge is -2.35. The molecule has 33 heavy (non-hydrogen) atoms. The van der Waals surface area contributed by atoms with Crippen LogP contribution in [0, 0.1) is 23.5 Å². The van der Waals surface area contributed by atoms with Crippen LogP contribution in [0.4, 0.5) is 0 Å². The molecule has 0 aliphatic carbocycles. The highest BCUT2D eigenvalue weighted by Gasteiger charge is 2.22. The molecular formula is C26H33N5OS. The summed E-state index contributed by atoms with van der Waals surface area (Å²) < 4.78 is 2.19. The number of aryl methyl sites for hydroxylation is 1. The summed E-state index contributed by atoms with van der Waals surface area (Å²) in [4.78, 5) is 15.4. The van der Waals surface area contributed by atoms with Gasteiger partial charge in [0, 0.05) is 31.7 Å². The Kier molecular flexibility index (Phi) is 7.40. The zero-order valence-electron chi connectivity index (χ0n) is 19.7. The lowest BCUT2D eigenvalue weighted by molar-refractivity contribution is -0.121. The Balaban J connectivity index is 1.41. The molecule has 1 aliphatic heterocycles. The average Bonchev–Trinajstić information content (AvgIpc) is 3.13. The van der Waals surface area contributed by atoms with Crippen LogP contribution in [0.5, 0.6) is 0 Å². The number of hydrogen-bond acceptors (Lipinski definition) is 4. The zero-order chi connectivity index (χ0) is 23.4. The molecule has 1 fully saturated rings. The van der Waals surface area contributed by atoms with Gasteiger partial charge in [0.25, 0.3) is 0 Å². The fraction of sp³-hybridized carbons (Fsp3) is 0.423. The van der Waals surface area contributed by atoms with E-state index in [1.165, 1.54) is 17.5 Å². The molecule has 0 saturated carbocycles. The van der Waals surface area contributed by atoms with Crippen molar-refractivity contribution in [3.63, 3.8) is 0 Å². The Morgan fingerprint density at radius 2 is 1.76 bits per heavy atom. The Labute approximate surface area is 201 Å². The van der Waals surface area contributed by atoms with Gasteiger partial charge in [0.15, 0.2) is 10.6 Å². The number of nitrogens with zero attached hydrogens (tertiary/aromatic N) is 3. The van der Waals surface area contributed by atoms with Crippen LogP contribution in [0.25, 0.3) is 11.4 Å². The SMILES string of the molecule is Cc1ccc(-c2n[nH]c(=S)n2CC(=O)NCc2ccccc2CN2CC(C)CC(C)C2)cc1. The van der Waals surface area contributed by atoms with Crippen LogP contribution in [-0.2, 0) is 24.4 Å². The van der Waals surface area contributed by atoms with Crippen LogP contribution >= 0.6 is 12.2 Å². The molecule has 2 N–H and O–H groups in total. The van der Waals surface area contributed by atoms with E-state index >= 15 is 0 Å². The largest absolute Gasteiger partial charge is 0.350 e. The van der Waals surface area contributed by atoms with Crippen molar-refractivity contribution in [3.05, 3.63) is 70.0 Å². The van der Waals surface area contributed by atoms with E-state index in [4.69, 9.17) is 12.2 Å². The van der Waals surface area contributed by atoms with Gasteiger partial charge >= 0.3 is 0 Å². The number of likely N-dealkylation sites (tertiary alicyclic amines) is 1. The third-order valence-corrected chi connectivity index (χ3v) is 6.61. The molecule has 174 valence electrons. The number of piperidine rings is 1. The van der Waals surface area contributed by atoms with Gasteiger partial charge < -0.3 is 5.32 Å². The first-order valence-electron chi connectivity index (χ1n) is 11.7. The molecule has 1 amide bonds. The minimum absolute atomic E-state index is 0.0871.